The topological polar surface area (TPSA) is 56.7 Å². The van der Waals surface area contributed by atoms with Crippen molar-refractivity contribution < 1.29 is 4.79 Å². The fraction of sp³-hybridized carbons (Fsp3) is 0.455. The van der Waals surface area contributed by atoms with Crippen molar-refractivity contribution in [3.63, 3.8) is 0 Å². The summed E-state index contributed by atoms with van der Waals surface area (Å²) in [6.45, 7) is 7.91. The van der Waals surface area contributed by atoms with Crippen LogP contribution in [0.2, 0.25) is 0 Å². The van der Waals surface area contributed by atoms with Crippen LogP contribution in [-0.4, -0.2) is 42.9 Å². The van der Waals surface area contributed by atoms with Gasteiger partial charge in [-0.2, -0.15) is 0 Å². The fourth-order valence-corrected chi connectivity index (χ4v) is 4.25. The maximum atomic E-state index is 12.5. The zero-order chi connectivity index (χ0) is 19.8. The van der Waals surface area contributed by atoms with Crippen LogP contribution in [0.4, 0.5) is 0 Å². The summed E-state index contributed by atoms with van der Waals surface area (Å²) in [6, 6.07) is 12.6. The first kappa shape index (κ1) is 23.7. The minimum absolute atomic E-state index is 0. The van der Waals surface area contributed by atoms with Gasteiger partial charge in [0.2, 0.25) is 5.91 Å². The summed E-state index contributed by atoms with van der Waals surface area (Å²) in [5.41, 5.74) is 2.59. The van der Waals surface area contributed by atoms with Gasteiger partial charge in [-0.3, -0.25) is 9.79 Å². The van der Waals surface area contributed by atoms with Crippen molar-refractivity contribution in [3.8, 4) is 0 Å². The standard InChI is InChI=1S/C22H30N4OS.HI/c1-3-23-22(25-15-17(2)18-7-5-4-6-8-18)24-12-9-21(27)26-13-10-20-19(16-26)11-14-28-20;/h4-8,11,14,17H,3,9-10,12-13,15-16H2,1-2H3,(H2,23,24,25);1H. The molecule has 0 saturated heterocycles. The molecule has 2 heterocycles. The highest BCUT2D eigenvalue weighted by Gasteiger charge is 2.21. The van der Waals surface area contributed by atoms with Gasteiger partial charge in [0.1, 0.15) is 0 Å². The lowest BCUT2D eigenvalue weighted by Gasteiger charge is -2.27. The van der Waals surface area contributed by atoms with Gasteiger partial charge in [-0.1, -0.05) is 37.3 Å². The molecule has 1 aliphatic rings. The zero-order valence-corrected chi connectivity index (χ0v) is 20.3. The largest absolute Gasteiger partial charge is 0.357 e. The number of benzene rings is 1. The van der Waals surface area contributed by atoms with Crippen molar-refractivity contribution >= 4 is 47.2 Å². The molecule has 2 aromatic rings. The molecule has 0 aliphatic carbocycles. The minimum atomic E-state index is 0. The molecular formula is C22H31IN4OS. The summed E-state index contributed by atoms with van der Waals surface area (Å²) >= 11 is 1.80. The number of fused-ring (bicyclic) bond motifs is 1. The molecule has 1 unspecified atom stereocenters. The van der Waals surface area contributed by atoms with Gasteiger partial charge in [0.15, 0.2) is 5.96 Å². The molecule has 0 saturated carbocycles. The molecule has 5 nitrogen and oxygen atoms in total. The number of carbonyl (C=O) groups is 1. The van der Waals surface area contributed by atoms with Gasteiger partial charge < -0.3 is 15.5 Å². The summed E-state index contributed by atoms with van der Waals surface area (Å²) in [5, 5.41) is 8.69. The number of amides is 1. The van der Waals surface area contributed by atoms with Crippen molar-refractivity contribution in [2.75, 3.05) is 26.2 Å². The summed E-state index contributed by atoms with van der Waals surface area (Å²) in [6.07, 6.45) is 1.46. The predicted octanol–water partition coefficient (Wildman–Crippen LogP) is 4.00. The number of guanidine groups is 1. The third-order valence-electron chi connectivity index (χ3n) is 5.03. The molecule has 29 heavy (non-hydrogen) atoms. The van der Waals surface area contributed by atoms with E-state index >= 15 is 0 Å². The van der Waals surface area contributed by atoms with E-state index < -0.39 is 0 Å². The third kappa shape index (κ3) is 6.99. The second-order valence-corrected chi connectivity index (χ2v) is 8.14. The summed E-state index contributed by atoms with van der Waals surface area (Å²) in [5.74, 6) is 1.33. The monoisotopic (exact) mass is 526 g/mol. The number of hydrogen-bond acceptors (Lipinski definition) is 3. The van der Waals surface area contributed by atoms with E-state index in [-0.39, 0.29) is 29.9 Å². The van der Waals surface area contributed by atoms with Crippen LogP contribution in [-0.2, 0) is 17.8 Å². The lowest BCUT2D eigenvalue weighted by Crippen LogP contribution is -2.41. The number of hydrogen-bond donors (Lipinski definition) is 2. The number of nitrogens with zero attached hydrogens (tertiary/aromatic N) is 2. The molecule has 2 N–H and O–H groups in total. The number of thiophene rings is 1. The summed E-state index contributed by atoms with van der Waals surface area (Å²) < 4.78 is 0. The highest BCUT2D eigenvalue weighted by molar-refractivity contribution is 14.0. The molecule has 0 spiro atoms. The fourth-order valence-electron chi connectivity index (χ4n) is 3.36. The quantitative estimate of drug-likeness (QED) is 0.326. The van der Waals surface area contributed by atoms with E-state index in [2.05, 4.69) is 60.2 Å². The van der Waals surface area contributed by atoms with Gasteiger partial charge in [0.25, 0.3) is 0 Å². The van der Waals surface area contributed by atoms with Crippen LogP contribution in [0.25, 0.3) is 0 Å². The Morgan fingerprint density at radius 2 is 2.03 bits per heavy atom. The van der Waals surface area contributed by atoms with Crippen LogP contribution < -0.4 is 10.6 Å². The molecule has 1 aromatic heterocycles. The normalized spacial score (nSPS) is 14.6. The van der Waals surface area contributed by atoms with E-state index in [9.17, 15) is 4.79 Å². The summed E-state index contributed by atoms with van der Waals surface area (Å²) in [7, 11) is 0. The Bertz CT molecular complexity index is 793. The lowest BCUT2D eigenvalue weighted by atomic mass is 10.0. The Labute approximate surface area is 195 Å². The second-order valence-electron chi connectivity index (χ2n) is 7.14. The lowest BCUT2D eigenvalue weighted by molar-refractivity contribution is -0.131. The first-order valence-corrected chi connectivity index (χ1v) is 11.0. The van der Waals surface area contributed by atoms with Crippen molar-refractivity contribution in [3.05, 3.63) is 57.8 Å². The van der Waals surface area contributed by atoms with E-state index in [1.54, 1.807) is 11.3 Å². The summed E-state index contributed by atoms with van der Waals surface area (Å²) in [4.78, 5) is 20.6. The molecule has 1 atom stereocenters. The average Bonchev–Trinajstić information content (AvgIpc) is 3.20. The van der Waals surface area contributed by atoms with E-state index in [0.29, 0.717) is 25.4 Å². The van der Waals surface area contributed by atoms with Crippen LogP contribution >= 0.6 is 35.3 Å². The smallest absolute Gasteiger partial charge is 0.224 e. The molecule has 0 radical (unpaired) electrons. The number of aliphatic imine (C=N–C) groups is 1. The first-order valence-electron chi connectivity index (χ1n) is 10.1. The Morgan fingerprint density at radius 3 is 2.79 bits per heavy atom. The number of carbonyl (C=O) groups excluding carboxylic acids is 1. The molecule has 1 amide bonds. The number of halogens is 1. The van der Waals surface area contributed by atoms with Crippen LogP contribution in [0.1, 0.15) is 42.2 Å². The van der Waals surface area contributed by atoms with Gasteiger partial charge >= 0.3 is 0 Å². The second kappa shape index (κ2) is 12.2. The molecule has 0 bridgehead atoms. The Morgan fingerprint density at radius 1 is 1.24 bits per heavy atom. The third-order valence-corrected chi connectivity index (χ3v) is 6.05. The number of rotatable bonds is 7. The van der Waals surface area contributed by atoms with E-state index in [1.165, 1.54) is 16.0 Å². The molecule has 7 heteroatoms. The van der Waals surface area contributed by atoms with Gasteiger partial charge in [-0.25, -0.2) is 0 Å². The molecule has 1 aromatic carbocycles. The van der Waals surface area contributed by atoms with Gasteiger partial charge in [-0.05, 0) is 35.9 Å². The minimum Gasteiger partial charge on any atom is -0.357 e. The van der Waals surface area contributed by atoms with Crippen molar-refractivity contribution in [2.24, 2.45) is 4.99 Å². The zero-order valence-electron chi connectivity index (χ0n) is 17.2. The van der Waals surface area contributed by atoms with E-state index in [4.69, 9.17) is 4.99 Å². The van der Waals surface area contributed by atoms with Crippen LogP contribution in [0, 0.1) is 0 Å². The van der Waals surface area contributed by atoms with Crippen LogP contribution in [0.3, 0.4) is 0 Å². The van der Waals surface area contributed by atoms with Crippen LogP contribution in [0.15, 0.2) is 46.8 Å². The van der Waals surface area contributed by atoms with Crippen molar-refractivity contribution in [1.29, 1.82) is 0 Å². The maximum Gasteiger partial charge on any atom is 0.224 e. The molecule has 0 fully saturated rings. The van der Waals surface area contributed by atoms with Crippen molar-refractivity contribution in [1.82, 2.24) is 15.5 Å². The average molecular weight is 526 g/mol. The molecule has 158 valence electrons. The predicted molar refractivity (Wildman–Crippen MR) is 132 cm³/mol. The van der Waals surface area contributed by atoms with Crippen molar-refractivity contribution in [2.45, 2.75) is 39.2 Å². The van der Waals surface area contributed by atoms with Gasteiger partial charge in [0.05, 0.1) is 0 Å². The maximum absolute atomic E-state index is 12.5. The Balaban J connectivity index is 0.00000300. The van der Waals surface area contributed by atoms with Gasteiger partial charge in [-0.15, -0.1) is 35.3 Å². The highest BCUT2D eigenvalue weighted by atomic mass is 127. The number of nitrogens with one attached hydrogen (secondary N) is 2. The first-order chi connectivity index (χ1) is 13.7. The highest BCUT2D eigenvalue weighted by Crippen LogP contribution is 2.24. The Hall–Kier alpha value is -1.61. The van der Waals surface area contributed by atoms with E-state index in [0.717, 1.165) is 32.0 Å². The Kier molecular flexibility index (Phi) is 9.93. The SMILES string of the molecule is CCNC(=NCC(C)c1ccccc1)NCCC(=O)N1CCc2sccc2C1.I. The van der Waals surface area contributed by atoms with Gasteiger partial charge in [0, 0.05) is 49.9 Å². The van der Waals surface area contributed by atoms with E-state index in [1.807, 2.05) is 11.0 Å². The molecule has 1 aliphatic heterocycles. The molecular weight excluding hydrogens is 495 g/mol. The molecule has 3 rings (SSSR count). The van der Waals surface area contributed by atoms with Crippen LogP contribution in [0.5, 0.6) is 0 Å².